The van der Waals surface area contributed by atoms with Crippen LogP contribution in [0.3, 0.4) is 0 Å². The van der Waals surface area contributed by atoms with E-state index in [9.17, 15) is 0 Å². The third-order valence-electron chi connectivity index (χ3n) is 6.11. The number of allylic oxidation sites excluding steroid dienone is 4. The molecule has 0 saturated carbocycles. The Morgan fingerprint density at radius 2 is 1.47 bits per heavy atom. The highest BCUT2D eigenvalue weighted by Crippen LogP contribution is 2.38. The highest BCUT2D eigenvalue weighted by Gasteiger charge is 2.19. The van der Waals surface area contributed by atoms with E-state index in [-0.39, 0.29) is 5.41 Å². The summed E-state index contributed by atoms with van der Waals surface area (Å²) in [5.74, 6) is 0.893. The van der Waals surface area contributed by atoms with Crippen molar-refractivity contribution >= 4 is 16.8 Å². The minimum absolute atomic E-state index is 0.0431. The predicted molar refractivity (Wildman–Crippen MR) is 151 cm³/mol. The lowest BCUT2D eigenvalue weighted by Crippen LogP contribution is -2.09. The van der Waals surface area contributed by atoms with E-state index in [4.69, 9.17) is 4.74 Å². The van der Waals surface area contributed by atoms with Crippen LogP contribution in [0.4, 0.5) is 5.69 Å². The molecule has 0 radical (unpaired) electrons. The summed E-state index contributed by atoms with van der Waals surface area (Å²) >= 11 is 0. The van der Waals surface area contributed by atoms with Crippen molar-refractivity contribution in [3.05, 3.63) is 95.6 Å². The third-order valence-corrected chi connectivity index (χ3v) is 6.11. The standard InChI is InChI=1S/C30H35NO.C2H6/c1-21(25-15-11-12-16-29(25)32-7)19-26(22(2)30(3,4)5)24-17-18-28(31-6)27(20-24)23-13-9-8-10-14-23;1-2/h8-20,31H,1-7H3;1-2H3/b21-19+,26-22-;. The van der Waals surface area contributed by atoms with Gasteiger partial charge in [0.25, 0.3) is 0 Å². The van der Waals surface area contributed by atoms with E-state index >= 15 is 0 Å². The summed E-state index contributed by atoms with van der Waals surface area (Å²) in [5.41, 5.74) is 9.68. The van der Waals surface area contributed by atoms with E-state index in [0.29, 0.717) is 0 Å². The van der Waals surface area contributed by atoms with Gasteiger partial charge in [-0.2, -0.15) is 0 Å². The molecule has 0 bridgehead atoms. The summed E-state index contributed by atoms with van der Waals surface area (Å²) < 4.78 is 5.62. The lowest BCUT2D eigenvalue weighted by molar-refractivity contribution is 0.413. The molecule has 0 amide bonds. The first-order chi connectivity index (χ1) is 16.3. The van der Waals surface area contributed by atoms with Crippen LogP contribution in [0.25, 0.3) is 22.3 Å². The maximum Gasteiger partial charge on any atom is 0.126 e. The second-order valence-corrected chi connectivity index (χ2v) is 9.19. The van der Waals surface area contributed by atoms with Crippen LogP contribution in [-0.2, 0) is 0 Å². The van der Waals surface area contributed by atoms with Crippen LogP contribution in [0, 0.1) is 5.41 Å². The van der Waals surface area contributed by atoms with Crippen LogP contribution in [-0.4, -0.2) is 14.2 Å². The summed E-state index contributed by atoms with van der Waals surface area (Å²) in [7, 11) is 3.70. The fraction of sp³-hybridized carbons (Fsp3) is 0.312. The monoisotopic (exact) mass is 455 g/mol. The zero-order valence-electron chi connectivity index (χ0n) is 22.4. The topological polar surface area (TPSA) is 21.3 Å². The molecule has 3 rings (SSSR count). The Labute approximate surface area is 207 Å². The highest BCUT2D eigenvalue weighted by molar-refractivity contribution is 5.89. The summed E-state index contributed by atoms with van der Waals surface area (Å²) in [6, 6.07) is 25.5. The molecule has 0 aliphatic heterocycles. The first-order valence-electron chi connectivity index (χ1n) is 12.2. The summed E-state index contributed by atoms with van der Waals surface area (Å²) in [4.78, 5) is 0. The van der Waals surface area contributed by atoms with E-state index in [1.54, 1.807) is 7.11 Å². The van der Waals surface area contributed by atoms with Gasteiger partial charge < -0.3 is 10.1 Å². The molecule has 0 saturated heterocycles. The van der Waals surface area contributed by atoms with Crippen molar-refractivity contribution in [3.63, 3.8) is 0 Å². The van der Waals surface area contributed by atoms with Gasteiger partial charge in [-0.3, -0.25) is 0 Å². The molecule has 0 heterocycles. The van der Waals surface area contributed by atoms with Gasteiger partial charge in [-0.05, 0) is 59.7 Å². The van der Waals surface area contributed by atoms with Crippen molar-refractivity contribution in [1.29, 1.82) is 0 Å². The lowest BCUT2D eigenvalue weighted by atomic mass is 9.81. The number of rotatable bonds is 6. The van der Waals surface area contributed by atoms with E-state index in [0.717, 1.165) is 17.0 Å². The molecule has 180 valence electrons. The molecule has 0 aromatic heterocycles. The number of para-hydroxylation sites is 1. The van der Waals surface area contributed by atoms with Gasteiger partial charge in [0.15, 0.2) is 0 Å². The van der Waals surface area contributed by atoms with Gasteiger partial charge in [0.05, 0.1) is 7.11 Å². The molecule has 34 heavy (non-hydrogen) atoms. The SMILES string of the molecule is CC.CNc1ccc(C(/C=C(\C)c2ccccc2OC)=C(/C)C(C)(C)C)cc1-c1ccccc1. The number of hydrogen-bond acceptors (Lipinski definition) is 2. The van der Waals surface area contributed by atoms with Gasteiger partial charge in [0.1, 0.15) is 5.75 Å². The van der Waals surface area contributed by atoms with Gasteiger partial charge in [0.2, 0.25) is 0 Å². The molecule has 2 nitrogen and oxygen atoms in total. The molecule has 3 aromatic carbocycles. The maximum atomic E-state index is 5.62. The van der Waals surface area contributed by atoms with E-state index < -0.39 is 0 Å². The average Bonchev–Trinajstić information content (AvgIpc) is 2.87. The lowest BCUT2D eigenvalue weighted by Gasteiger charge is -2.24. The molecular formula is C32H41NO. The summed E-state index contributed by atoms with van der Waals surface area (Å²) in [6.45, 7) is 15.2. The van der Waals surface area contributed by atoms with Gasteiger partial charge in [0, 0.05) is 23.9 Å². The third kappa shape index (κ3) is 6.41. The van der Waals surface area contributed by atoms with E-state index in [2.05, 4.69) is 107 Å². The van der Waals surface area contributed by atoms with Crippen molar-refractivity contribution in [2.24, 2.45) is 5.41 Å². The minimum atomic E-state index is 0.0431. The van der Waals surface area contributed by atoms with Crippen LogP contribution in [0.15, 0.2) is 84.4 Å². The average molecular weight is 456 g/mol. The number of nitrogens with one attached hydrogen (secondary N) is 1. The van der Waals surface area contributed by atoms with Gasteiger partial charge in [-0.25, -0.2) is 0 Å². The normalized spacial score (nSPS) is 12.3. The van der Waals surface area contributed by atoms with E-state index in [1.165, 1.54) is 33.4 Å². The van der Waals surface area contributed by atoms with Crippen LogP contribution in [0.5, 0.6) is 5.75 Å². The Kier molecular flexibility index (Phi) is 9.74. The van der Waals surface area contributed by atoms with Crippen LogP contribution in [0.2, 0.25) is 0 Å². The van der Waals surface area contributed by atoms with Crippen LogP contribution in [0.1, 0.15) is 59.6 Å². The number of benzene rings is 3. The second kappa shape index (κ2) is 12.3. The molecule has 0 spiro atoms. The minimum Gasteiger partial charge on any atom is -0.496 e. The molecule has 0 atom stereocenters. The Morgan fingerprint density at radius 3 is 2.06 bits per heavy atom. The Hall–Kier alpha value is -3.26. The van der Waals surface area contributed by atoms with Crippen molar-refractivity contribution in [2.75, 3.05) is 19.5 Å². The molecular weight excluding hydrogens is 414 g/mol. The molecule has 0 aliphatic rings. The van der Waals surface area contributed by atoms with Crippen molar-refractivity contribution in [1.82, 2.24) is 0 Å². The van der Waals surface area contributed by atoms with Gasteiger partial charge >= 0.3 is 0 Å². The van der Waals surface area contributed by atoms with Crippen molar-refractivity contribution in [3.8, 4) is 16.9 Å². The largest absolute Gasteiger partial charge is 0.496 e. The summed E-state index contributed by atoms with van der Waals surface area (Å²) in [6.07, 6.45) is 2.31. The Morgan fingerprint density at radius 1 is 0.853 bits per heavy atom. The summed E-state index contributed by atoms with van der Waals surface area (Å²) in [5, 5.41) is 3.35. The zero-order chi connectivity index (χ0) is 25.3. The van der Waals surface area contributed by atoms with Crippen molar-refractivity contribution in [2.45, 2.75) is 48.5 Å². The maximum absolute atomic E-state index is 5.62. The first kappa shape index (κ1) is 27.0. The zero-order valence-corrected chi connectivity index (χ0v) is 22.4. The molecule has 1 N–H and O–H groups in total. The number of hydrogen-bond donors (Lipinski definition) is 1. The number of methoxy groups -OCH3 is 1. The molecule has 3 aromatic rings. The predicted octanol–water partition coefficient (Wildman–Crippen LogP) is 9.35. The smallest absolute Gasteiger partial charge is 0.126 e. The van der Waals surface area contributed by atoms with Gasteiger partial charge in [-0.1, -0.05) is 101 Å². The number of ether oxygens (including phenoxy) is 1. The first-order valence-corrected chi connectivity index (χ1v) is 12.2. The molecule has 0 aliphatic carbocycles. The molecule has 0 fully saturated rings. The number of anilines is 1. The van der Waals surface area contributed by atoms with Crippen LogP contribution >= 0.6 is 0 Å². The second-order valence-electron chi connectivity index (χ2n) is 9.19. The van der Waals surface area contributed by atoms with Gasteiger partial charge in [-0.15, -0.1) is 0 Å². The van der Waals surface area contributed by atoms with E-state index in [1.807, 2.05) is 33.0 Å². The Bertz CT molecular complexity index is 1130. The molecule has 0 unspecified atom stereocenters. The Balaban J connectivity index is 0.00000199. The fourth-order valence-electron chi connectivity index (χ4n) is 3.86. The highest BCUT2D eigenvalue weighted by atomic mass is 16.5. The van der Waals surface area contributed by atoms with Crippen LogP contribution < -0.4 is 10.1 Å². The van der Waals surface area contributed by atoms with Crippen molar-refractivity contribution < 1.29 is 4.74 Å². The fourth-order valence-corrected chi connectivity index (χ4v) is 3.86. The molecule has 2 heteroatoms. The quantitative estimate of drug-likeness (QED) is 0.374.